The molecular formula is C28H39N3O5. The van der Waals surface area contributed by atoms with E-state index in [0.717, 1.165) is 57.0 Å². The minimum absolute atomic E-state index is 0.0152. The van der Waals surface area contributed by atoms with E-state index in [1.54, 1.807) is 19.2 Å². The number of carbonyl (C=O) groups is 2. The molecular weight excluding hydrogens is 458 g/mol. The van der Waals surface area contributed by atoms with Gasteiger partial charge in [-0.3, -0.25) is 9.59 Å². The molecule has 1 N–H and O–H groups in total. The van der Waals surface area contributed by atoms with Crippen LogP contribution in [0, 0.1) is 5.92 Å². The number of ether oxygens (including phenoxy) is 3. The van der Waals surface area contributed by atoms with Crippen molar-refractivity contribution in [2.24, 2.45) is 5.92 Å². The minimum atomic E-state index is -0.224. The first-order chi connectivity index (χ1) is 17.5. The third kappa shape index (κ3) is 6.16. The highest BCUT2D eigenvalue weighted by Crippen LogP contribution is 2.34. The maximum atomic E-state index is 13.9. The number of amides is 1. The number of carbonyl (C=O) groups excluding carboxylic acids is 2. The molecule has 1 saturated carbocycles. The topological polar surface area (TPSA) is 90.0 Å². The first-order valence-corrected chi connectivity index (χ1v) is 13.3. The average Bonchev–Trinajstić information content (AvgIpc) is 3.42. The molecule has 1 amide bonds. The van der Waals surface area contributed by atoms with E-state index in [1.807, 2.05) is 30.9 Å². The normalized spacial score (nSPS) is 18.5. The molecule has 0 bridgehead atoms. The number of nitrogens with zero attached hydrogens (tertiary/aromatic N) is 2. The van der Waals surface area contributed by atoms with Gasteiger partial charge in [-0.05, 0) is 58.2 Å². The smallest absolute Gasteiger partial charge is 0.314 e. The summed E-state index contributed by atoms with van der Waals surface area (Å²) in [7, 11) is 1.66. The average molecular weight is 498 g/mol. The number of rotatable bonds is 10. The zero-order chi connectivity index (χ0) is 25.5. The number of esters is 1. The van der Waals surface area contributed by atoms with Gasteiger partial charge in [0.15, 0.2) is 5.75 Å². The molecule has 1 aromatic carbocycles. The largest absolute Gasteiger partial charge is 0.493 e. The highest BCUT2D eigenvalue weighted by Gasteiger charge is 2.31. The van der Waals surface area contributed by atoms with E-state index in [4.69, 9.17) is 19.2 Å². The predicted octanol–water partition coefficient (Wildman–Crippen LogP) is 4.35. The van der Waals surface area contributed by atoms with E-state index < -0.39 is 0 Å². The number of aromatic nitrogens is 1. The van der Waals surface area contributed by atoms with Gasteiger partial charge in [0.1, 0.15) is 17.0 Å². The second-order valence-corrected chi connectivity index (χ2v) is 10.1. The van der Waals surface area contributed by atoms with Crippen molar-refractivity contribution >= 4 is 22.8 Å². The van der Waals surface area contributed by atoms with Crippen LogP contribution in [0.5, 0.6) is 11.5 Å². The van der Waals surface area contributed by atoms with Gasteiger partial charge in [0.2, 0.25) is 0 Å². The van der Waals surface area contributed by atoms with Crippen LogP contribution in [0.4, 0.5) is 0 Å². The highest BCUT2D eigenvalue weighted by atomic mass is 16.5. The number of benzene rings is 1. The van der Waals surface area contributed by atoms with Gasteiger partial charge in [-0.15, -0.1) is 0 Å². The number of piperidine rings is 1. The molecule has 4 rings (SSSR count). The van der Waals surface area contributed by atoms with Crippen LogP contribution in [0.3, 0.4) is 0 Å². The molecule has 2 aliphatic rings. The van der Waals surface area contributed by atoms with E-state index in [1.165, 1.54) is 0 Å². The van der Waals surface area contributed by atoms with Crippen molar-refractivity contribution in [2.45, 2.75) is 70.9 Å². The lowest BCUT2D eigenvalue weighted by Crippen LogP contribution is -2.51. The standard InChI is InChI=1S/C28H39N3O5/c1-19(2)31(21-11-7-14-29-18-21)27(32)23-17-25(35-16-8-15-34-3)22-12-6-13-24(26(22)30-23)36-28(33)20-9-4-5-10-20/h6,12-13,17,19-21,29H,4-5,7-11,14-16,18H2,1-3H3/t21-/m1/s1. The molecule has 1 aliphatic heterocycles. The number of hydrogen-bond acceptors (Lipinski definition) is 7. The number of hydrogen-bond donors (Lipinski definition) is 1. The first kappa shape index (κ1) is 26.4. The van der Waals surface area contributed by atoms with E-state index in [9.17, 15) is 9.59 Å². The van der Waals surface area contributed by atoms with Crippen molar-refractivity contribution in [1.29, 1.82) is 0 Å². The Labute approximate surface area is 213 Å². The Bertz CT molecular complexity index is 1040. The van der Waals surface area contributed by atoms with E-state index in [-0.39, 0.29) is 29.9 Å². The quantitative estimate of drug-likeness (QED) is 0.297. The molecule has 8 nitrogen and oxygen atoms in total. The summed E-state index contributed by atoms with van der Waals surface area (Å²) in [5.41, 5.74) is 0.773. The van der Waals surface area contributed by atoms with Gasteiger partial charge in [-0.25, -0.2) is 4.98 Å². The van der Waals surface area contributed by atoms with Gasteiger partial charge in [0, 0.05) is 50.2 Å². The van der Waals surface area contributed by atoms with Gasteiger partial charge < -0.3 is 24.4 Å². The predicted molar refractivity (Wildman–Crippen MR) is 139 cm³/mol. The molecule has 8 heteroatoms. The lowest BCUT2D eigenvalue weighted by molar-refractivity contribution is -0.138. The van der Waals surface area contributed by atoms with Crippen molar-refractivity contribution in [3.63, 3.8) is 0 Å². The zero-order valence-corrected chi connectivity index (χ0v) is 21.8. The van der Waals surface area contributed by atoms with Crippen molar-refractivity contribution in [3.8, 4) is 11.5 Å². The van der Waals surface area contributed by atoms with Crippen molar-refractivity contribution in [2.75, 3.05) is 33.4 Å². The lowest BCUT2D eigenvalue weighted by Gasteiger charge is -2.37. The molecule has 196 valence electrons. The molecule has 0 radical (unpaired) electrons. The molecule has 1 saturated heterocycles. The number of para-hydroxylation sites is 1. The van der Waals surface area contributed by atoms with Crippen LogP contribution in [0.1, 0.15) is 69.3 Å². The molecule has 2 heterocycles. The van der Waals surface area contributed by atoms with Gasteiger partial charge in [0.05, 0.1) is 12.5 Å². The van der Waals surface area contributed by atoms with Crippen LogP contribution < -0.4 is 14.8 Å². The van der Waals surface area contributed by atoms with Crippen molar-refractivity contribution in [3.05, 3.63) is 30.0 Å². The first-order valence-electron chi connectivity index (χ1n) is 13.3. The summed E-state index contributed by atoms with van der Waals surface area (Å²) < 4.78 is 17.1. The summed E-state index contributed by atoms with van der Waals surface area (Å²) in [6.07, 6.45) is 6.50. The fourth-order valence-corrected chi connectivity index (χ4v) is 5.27. The molecule has 36 heavy (non-hydrogen) atoms. The molecule has 2 aromatic rings. The zero-order valence-electron chi connectivity index (χ0n) is 21.8. The van der Waals surface area contributed by atoms with E-state index in [0.29, 0.717) is 42.3 Å². The summed E-state index contributed by atoms with van der Waals surface area (Å²) in [5, 5.41) is 4.13. The van der Waals surface area contributed by atoms with Gasteiger partial charge in [-0.2, -0.15) is 0 Å². The fraction of sp³-hybridized carbons (Fsp3) is 0.607. The maximum Gasteiger partial charge on any atom is 0.314 e. The number of fused-ring (bicyclic) bond motifs is 1. The summed E-state index contributed by atoms with van der Waals surface area (Å²) in [5.74, 6) is 0.488. The summed E-state index contributed by atoms with van der Waals surface area (Å²) >= 11 is 0. The third-order valence-electron chi connectivity index (χ3n) is 7.09. The Morgan fingerprint density at radius 3 is 2.61 bits per heavy atom. The monoisotopic (exact) mass is 497 g/mol. The molecule has 0 spiro atoms. The van der Waals surface area contributed by atoms with Gasteiger partial charge in [-0.1, -0.05) is 18.9 Å². The van der Waals surface area contributed by atoms with Crippen molar-refractivity contribution in [1.82, 2.24) is 15.2 Å². The Morgan fingerprint density at radius 1 is 1.11 bits per heavy atom. The number of nitrogens with one attached hydrogen (secondary N) is 1. The third-order valence-corrected chi connectivity index (χ3v) is 7.09. The molecule has 0 unspecified atom stereocenters. The molecule has 1 aromatic heterocycles. The Hall–Kier alpha value is -2.71. The summed E-state index contributed by atoms with van der Waals surface area (Å²) in [6, 6.07) is 7.31. The van der Waals surface area contributed by atoms with Crippen LogP contribution in [0.2, 0.25) is 0 Å². The lowest BCUT2D eigenvalue weighted by atomic mass is 10.0. The SMILES string of the molecule is COCCCOc1cc(C(=O)N(C(C)C)[C@@H]2CCCNC2)nc2c(OC(=O)C3CCCC3)cccc12. The molecule has 1 aliphatic carbocycles. The highest BCUT2D eigenvalue weighted by molar-refractivity contribution is 5.99. The minimum Gasteiger partial charge on any atom is -0.493 e. The second kappa shape index (κ2) is 12.5. The number of methoxy groups -OCH3 is 1. The summed E-state index contributed by atoms with van der Waals surface area (Å²) in [6.45, 7) is 6.82. The van der Waals surface area contributed by atoms with Crippen LogP contribution >= 0.6 is 0 Å². The van der Waals surface area contributed by atoms with Gasteiger partial charge in [0.25, 0.3) is 5.91 Å². The maximum absolute atomic E-state index is 13.9. The Balaban J connectivity index is 1.71. The second-order valence-electron chi connectivity index (χ2n) is 10.1. The van der Waals surface area contributed by atoms with E-state index >= 15 is 0 Å². The van der Waals surface area contributed by atoms with Crippen LogP contribution in [0.15, 0.2) is 24.3 Å². The van der Waals surface area contributed by atoms with Crippen LogP contribution in [-0.4, -0.2) is 67.3 Å². The van der Waals surface area contributed by atoms with Crippen LogP contribution in [-0.2, 0) is 9.53 Å². The fourth-order valence-electron chi connectivity index (χ4n) is 5.27. The Morgan fingerprint density at radius 2 is 1.92 bits per heavy atom. The molecule has 2 fully saturated rings. The van der Waals surface area contributed by atoms with E-state index in [2.05, 4.69) is 5.32 Å². The van der Waals surface area contributed by atoms with Crippen molar-refractivity contribution < 1.29 is 23.8 Å². The van der Waals surface area contributed by atoms with Crippen LogP contribution in [0.25, 0.3) is 10.9 Å². The van der Waals surface area contributed by atoms with Gasteiger partial charge >= 0.3 is 5.97 Å². The molecule has 1 atom stereocenters. The summed E-state index contributed by atoms with van der Waals surface area (Å²) in [4.78, 5) is 33.4. The number of pyridine rings is 1. The Kier molecular flexibility index (Phi) is 9.15.